The zero-order valence-electron chi connectivity index (χ0n) is 25.6. The number of phenols is 3. The molecule has 12 nitrogen and oxygen atoms in total. The first-order valence-electron chi connectivity index (χ1n) is 14.6. The van der Waals surface area contributed by atoms with E-state index in [0.717, 1.165) is 36.4 Å². The molecule has 0 aliphatic heterocycles. The van der Waals surface area contributed by atoms with Crippen molar-refractivity contribution in [2.45, 2.75) is 40.4 Å². The molecule has 260 valence electrons. The summed E-state index contributed by atoms with van der Waals surface area (Å²) >= 11 is 0. The molecule has 0 aromatic heterocycles. The molecule has 0 saturated heterocycles. The van der Waals surface area contributed by atoms with Crippen molar-refractivity contribution in [3.8, 4) is 28.4 Å². The lowest BCUT2D eigenvalue weighted by Gasteiger charge is -2.19. The third kappa shape index (κ3) is 7.07. The number of halogens is 1. The fraction of sp³-hybridized carbons (Fsp3) is 0.118. The van der Waals surface area contributed by atoms with Crippen LogP contribution in [-0.4, -0.2) is 54.2 Å². The lowest BCUT2D eigenvalue weighted by atomic mass is 9.89. The molecule has 5 aromatic rings. The van der Waals surface area contributed by atoms with Crippen molar-refractivity contribution in [2.24, 2.45) is 0 Å². The summed E-state index contributed by atoms with van der Waals surface area (Å²) in [6, 6.07) is 15.8. The highest BCUT2D eigenvalue weighted by Gasteiger charge is 2.24. The Morgan fingerprint density at radius 2 is 0.800 bits per heavy atom. The first-order chi connectivity index (χ1) is 23.3. The lowest BCUT2D eigenvalue weighted by Crippen LogP contribution is -2.07. The van der Waals surface area contributed by atoms with E-state index < -0.39 is 80.9 Å². The van der Waals surface area contributed by atoms with Crippen LogP contribution >= 0.6 is 0 Å². The zero-order valence-corrected chi connectivity index (χ0v) is 28.0. The van der Waals surface area contributed by atoms with Crippen LogP contribution in [0.2, 0.25) is 0 Å². The maximum Gasteiger partial charge on any atom is 0.294 e. The molecule has 0 heterocycles. The van der Waals surface area contributed by atoms with Gasteiger partial charge in [-0.3, -0.25) is 13.7 Å². The van der Waals surface area contributed by atoms with Crippen molar-refractivity contribution in [2.75, 3.05) is 0 Å². The second-order valence-corrected chi connectivity index (χ2v) is 16.2. The van der Waals surface area contributed by atoms with Crippen LogP contribution in [0.1, 0.15) is 44.5 Å². The molecule has 0 amide bonds. The number of fused-ring (bicyclic) bond motifs is 8. The Morgan fingerprint density at radius 1 is 0.460 bits per heavy atom. The van der Waals surface area contributed by atoms with E-state index in [1.807, 2.05) is 0 Å². The van der Waals surface area contributed by atoms with E-state index in [1.54, 1.807) is 6.07 Å². The second kappa shape index (κ2) is 12.5. The van der Waals surface area contributed by atoms with E-state index >= 15 is 4.39 Å². The van der Waals surface area contributed by atoms with E-state index in [9.17, 15) is 54.2 Å². The molecule has 8 bridgehead atoms. The van der Waals surface area contributed by atoms with Crippen LogP contribution in [0.4, 0.5) is 4.39 Å². The SMILES string of the molecule is O=S(=O)(O)c1cc2cc(c1)Cc1cc(S(=O)(=O)O)cc(c1O)Cc1cc(-c3ccccc3F)cc(c1O)Cc1cc(S(=O)(=O)O)cc(c1O)C2. The Bertz CT molecular complexity index is 2430. The van der Waals surface area contributed by atoms with Gasteiger partial charge < -0.3 is 15.3 Å². The van der Waals surface area contributed by atoms with Crippen molar-refractivity contribution >= 4 is 30.4 Å². The Hall–Kier alpha value is -4.84. The van der Waals surface area contributed by atoms with E-state index in [0.29, 0.717) is 0 Å². The average molecular weight is 743 g/mol. The molecule has 0 unspecified atom stereocenters. The Labute approximate surface area is 286 Å². The van der Waals surface area contributed by atoms with Gasteiger partial charge in [0.05, 0.1) is 14.7 Å². The predicted octanol–water partition coefficient (Wildman–Crippen LogP) is 5.03. The van der Waals surface area contributed by atoms with Crippen molar-refractivity contribution in [1.82, 2.24) is 0 Å². The van der Waals surface area contributed by atoms with Crippen molar-refractivity contribution < 1.29 is 58.6 Å². The van der Waals surface area contributed by atoms with Gasteiger partial charge in [-0.25, -0.2) is 4.39 Å². The minimum absolute atomic E-state index is 0.0305. The lowest BCUT2D eigenvalue weighted by molar-refractivity contribution is 0.453. The van der Waals surface area contributed by atoms with Gasteiger partial charge in [-0.2, -0.15) is 25.3 Å². The quantitative estimate of drug-likeness (QED) is 0.131. The molecule has 0 spiro atoms. The fourth-order valence-electron chi connectivity index (χ4n) is 6.11. The number of hydrogen-bond donors (Lipinski definition) is 6. The maximum atomic E-state index is 15.0. The normalized spacial score (nSPS) is 13.6. The van der Waals surface area contributed by atoms with Gasteiger partial charge in [-0.05, 0) is 93.5 Å². The van der Waals surface area contributed by atoms with Crippen LogP contribution in [0, 0.1) is 5.82 Å². The molecule has 1 aliphatic rings. The van der Waals surface area contributed by atoms with Crippen LogP contribution in [0.5, 0.6) is 17.2 Å². The summed E-state index contributed by atoms with van der Waals surface area (Å²) in [6.45, 7) is 0. The number of rotatable bonds is 4. The molecule has 6 N–H and O–H groups in total. The Kier molecular flexibility index (Phi) is 8.74. The average Bonchev–Trinajstić information content (AvgIpc) is 3.01. The maximum absolute atomic E-state index is 15.0. The highest BCUT2D eigenvalue weighted by Crippen LogP contribution is 2.40. The van der Waals surface area contributed by atoms with Gasteiger partial charge >= 0.3 is 0 Å². The van der Waals surface area contributed by atoms with Crippen LogP contribution in [0.3, 0.4) is 0 Å². The second-order valence-electron chi connectivity index (χ2n) is 11.9. The molecule has 0 fully saturated rings. The molecular formula is C34H27FO12S3. The number of aromatic hydroxyl groups is 3. The number of benzene rings is 5. The third-order valence-corrected chi connectivity index (χ3v) is 10.9. The van der Waals surface area contributed by atoms with Crippen LogP contribution in [-0.2, 0) is 56.0 Å². The summed E-state index contributed by atoms with van der Waals surface area (Å²) in [5, 5.41) is 34.4. The zero-order chi connectivity index (χ0) is 36.3. The van der Waals surface area contributed by atoms with Gasteiger partial charge in [0.15, 0.2) is 0 Å². The fourth-order valence-corrected chi connectivity index (χ4v) is 7.87. The summed E-state index contributed by atoms with van der Waals surface area (Å²) in [6.07, 6.45) is -1.54. The van der Waals surface area contributed by atoms with Crippen LogP contribution in [0.15, 0.2) is 93.5 Å². The Morgan fingerprint density at radius 3 is 1.18 bits per heavy atom. The molecule has 0 atom stereocenters. The van der Waals surface area contributed by atoms with Gasteiger partial charge in [0.1, 0.15) is 23.1 Å². The predicted molar refractivity (Wildman–Crippen MR) is 177 cm³/mol. The third-order valence-electron chi connectivity index (χ3n) is 8.41. The van der Waals surface area contributed by atoms with Gasteiger partial charge in [0, 0.05) is 42.4 Å². The smallest absolute Gasteiger partial charge is 0.294 e. The van der Waals surface area contributed by atoms with E-state index in [4.69, 9.17) is 0 Å². The summed E-state index contributed by atoms with van der Waals surface area (Å²) in [4.78, 5) is -1.87. The van der Waals surface area contributed by atoms with Gasteiger partial charge in [-0.1, -0.05) is 24.3 Å². The van der Waals surface area contributed by atoms with Crippen molar-refractivity contribution in [3.05, 3.63) is 129 Å². The van der Waals surface area contributed by atoms with Crippen molar-refractivity contribution in [1.29, 1.82) is 0 Å². The Balaban J connectivity index is 1.70. The molecule has 0 radical (unpaired) electrons. The molecule has 5 aromatic carbocycles. The summed E-state index contributed by atoms with van der Waals surface area (Å²) in [7, 11) is -14.6. The molecule has 0 saturated carbocycles. The van der Waals surface area contributed by atoms with Gasteiger partial charge in [0.2, 0.25) is 0 Å². The van der Waals surface area contributed by atoms with Gasteiger partial charge in [0.25, 0.3) is 30.4 Å². The molecular weight excluding hydrogens is 716 g/mol. The van der Waals surface area contributed by atoms with E-state index in [2.05, 4.69) is 0 Å². The summed E-state index contributed by atoms with van der Waals surface area (Å²) in [5.74, 6) is -2.02. The van der Waals surface area contributed by atoms with E-state index in [1.165, 1.54) is 36.4 Å². The van der Waals surface area contributed by atoms with Crippen molar-refractivity contribution in [3.63, 3.8) is 0 Å². The highest BCUT2D eigenvalue weighted by molar-refractivity contribution is 7.86. The van der Waals surface area contributed by atoms with Crippen LogP contribution < -0.4 is 0 Å². The highest BCUT2D eigenvalue weighted by atomic mass is 32.2. The molecule has 6 rings (SSSR count). The first-order valence-corrected chi connectivity index (χ1v) is 18.9. The van der Waals surface area contributed by atoms with Gasteiger partial charge in [-0.15, -0.1) is 0 Å². The first kappa shape index (κ1) is 35.0. The minimum Gasteiger partial charge on any atom is -0.507 e. The minimum atomic E-state index is -4.88. The standard InChI is InChI=1S/C34H27FO12S3/c35-31-4-2-1-3-30(31)20-10-23-12-25-16-28(49(42,43)44)14-21(32(25)36)6-18-5-19(9-27(8-18)48(39,40)41)7-22-15-29(50(45,46)47)17-26(33(22)37)13-24(11-20)34(23)38/h1-5,8-11,14-17,36-38H,6-7,12-13H2,(H,39,40,41)(H,42,43,44)(H,45,46,47). The van der Waals surface area contributed by atoms with Crippen LogP contribution in [0.25, 0.3) is 11.1 Å². The largest absolute Gasteiger partial charge is 0.507 e. The molecule has 1 aliphatic carbocycles. The topological polar surface area (TPSA) is 224 Å². The summed E-state index contributed by atoms with van der Waals surface area (Å²) < 4.78 is 119. The number of phenolic OH excluding ortho intramolecular Hbond substituents is 3. The number of hydrogen-bond acceptors (Lipinski definition) is 9. The molecule has 16 heteroatoms. The monoisotopic (exact) mass is 742 g/mol. The molecule has 50 heavy (non-hydrogen) atoms. The summed E-state index contributed by atoms with van der Waals surface area (Å²) in [5.41, 5.74) is 0.139. The van der Waals surface area contributed by atoms with E-state index in [-0.39, 0.29) is 68.5 Å².